The van der Waals surface area contributed by atoms with Gasteiger partial charge in [-0.15, -0.1) is 11.3 Å². The van der Waals surface area contributed by atoms with Gasteiger partial charge in [-0.25, -0.2) is 4.98 Å². The molecule has 3 aromatic rings. The molecule has 2 aromatic carbocycles. The largest absolute Gasteiger partial charge is 0.502 e. The van der Waals surface area contributed by atoms with Crippen molar-refractivity contribution in [2.24, 2.45) is 0 Å². The molecule has 136 valence electrons. The minimum atomic E-state index is -0.0880. The van der Waals surface area contributed by atoms with Crippen LogP contribution in [0.1, 0.15) is 10.6 Å². The number of nitriles is 1. The van der Waals surface area contributed by atoms with Gasteiger partial charge in [0.15, 0.2) is 11.5 Å². The van der Waals surface area contributed by atoms with Crippen molar-refractivity contribution in [2.45, 2.75) is 0 Å². The van der Waals surface area contributed by atoms with Crippen LogP contribution in [0, 0.1) is 11.3 Å². The number of thiazole rings is 1. The third kappa shape index (κ3) is 4.05. The average Bonchev–Trinajstić information content (AvgIpc) is 3.17. The minimum Gasteiger partial charge on any atom is -0.502 e. The van der Waals surface area contributed by atoms with Crippen LogP contribution < -0.4 is 9.47 Å². The summed E-state index contributed by atoms with van der Waals surface area (Å²) in [6.45, 7) is 0. The summed E-state index contributed by atoms with van der Waals surface area (Å²) in [5, 5.41) is 22.7. The molecule has 3 rings (SSSR count). The summed E-state index contributed by atoms with van der Waals surface area (Å²) in [4.78, 5) is 4.55. The van der Waals surface area contributed by atoms with Crippen LogP contribution in [0.3, 0.4) is 0 Å². The molecular weight excluding hydrogens is 384 g/mol. The highest BCUT2D eigenvalue weighted by Gasteiger charge is 2.13. The summed E-state index contributed by atoms with van der Waals surface area (Å²) < 4.78 is 10.3. The number of rotatable bonds is 5. The van der Waals surface area contributed by atoms with Crippen molar-refractivity contribution in [3.63, 3.8) is 0 Å². The first-order valence-electron chi connectivity index (χ1n) is 7.84. The Bertz CT molecular complexity index is 1010. The molecule has 0 radical (unpaired) electrons. The number of aromatic hydroxyl groups is 1. The Morgan fingerprint density at radius 2 is 1.81 bits per heavy atom. The molecule has 1 heterocycles. The van der Waals surface area contributed by atoms with Crippen LogP contribution in [0.5, 0.6) is 17.2 Å². The van der Waals surface area contributed by atoms with Crippen molar-refractivity contribution >= 4 is 34.6 Å². The quantitative estimate of drug-likeness (QED) is 0.594. The highest BCUT2D eigenvalue weighted by Crippen LogP contribution is 2.38. The molecule has 1 aromatic heterocycles. The number of halogens is 1. The van der Waals surface area contributed by atoms with E-state index in [4.69, 9.17) is 21.1 Å². The first-order valence-corrected chi connectivity index (χ1v) is 9.10. The van der Waals surface area contributed by atoms with Gasteiger partial charge in [0.25, 0.3) is 0 Å². The average molecular weight is 399 g/mol. The van der Waals surface area contributed by atoms with Gasteiger partial charge in [0.05, 0.1) is 25.5 Å². The van der Waals surface area contributed by atoms with Gasteiger partial charge in [-0.3, -0.25) is 0 Å². The molecule has 27 heavy (non-hydrogen) atoms. The predicted molar refractivity (Wildman–Crippen MR) is 107 cm³/mol. The van der Waals surface area contributed by atoms with Crippen LogP contribution in [-0.4, -0.2) is 24.3 Å². The Morgan fingerprint density at radius 1 is 1.19 bits per heavy atom. The molecule has 0 aliphatic rings. The van der Waals surface area contributed by atoms with Crippen LogP contribution >= 0.6 is 22.9 Å². The monoisotopic (exact) mass is 398 g/mol. The summed E-state index contributed by atoms with van der Waals surface area (Å²) in [6, 6.07) is 12.8. The number of phenolic OH excluding ortho intramolecular Hbond substituents is 1. The van der Waals surface area contributed by atoms with Gasteiger partial charge in [-0.05, 0) is 35.9 Å². The van der Waals surface area contributed by atoms with Crippen LogP contribution in [0.15, 0.2) is 41.8 Å². The van der Waals surface area contributed by atoms with Crippen molar-refractivity contribution in [1.29, 1.82) is 5.26 Å². The highest BCUT2D eigenvalue weighted by atomic mass is 35.5. The fourth-order valence-electron chi connectivity index (χ4n) is 2.46. The standard InChI is InChI=1S/C20H15ClN2O3S/c1-25-17-8-12(9-18(26-2)19(17)24)7-14(10-22)20-23-16(11-27-20)13-3-5-15(21)6-4-13/h3-9,11,24H,1-2H3. The Hall–Kier alpha value is -3.01. The molecule has 7 heteroatoms. The molecular formula is C20H15ClN2O3S. The van der Waals surface area contributed by atoms with Crippen LogP contribution in [0.4, 0.5) is 0 Å². The summed E-state index contributed by atoms with van der Waals surface area (Å²) in [5.74, 6) is 0.438. The second-order valence-electron chi connectivity index (χ2n) is 5.49. The number of benzene rings is 2. The molecule has 0 spiro atoms. The zero-order valence-corrected chi connectivity index (χ0v) is 16.1. The molecule has 0 bridgehead atoms. The first-order chi connectivity index (χ1) is 13.0. The lowest BCUT2D eigenvalue weighted by Gasteiger charge is -2.09. The van der Waals surface area contributed by atoms with E-state index < -0.39 is 0 Å². The summed E-state index contributed by atoms with van der Waals surface area (Å²) in [7, 11) is 2.90. The topological polar surface area (TPSA) is 75.4 Å². The van der Waals surface area contributed by atoms with Gasteiger partial charge in [0, 0.05) is 16.0 Å². The van der Waals surface area contributed by atoms with E-state index in [0.717, 1.165) is 11.3 Å². The van der Waals surface area contributed by atoms with Gasteiger partial charge in [0.2, 0.25) is 5.75 Å². The number of allylic oxidation sites excluding steroid dienone is 1. The molecule has 0 amide bonds. The Labute approximate surface area is 165 Å². The molecule has 0 atom stereocenters. The SMILES string of the molecule is COc1cc(C=C(C#N)c2nc(-c3ccc(Cl)cc3)cs2)cc(OC)c1O. The van der Waals surface area contributed by atoms with E-state index in [9.17, 15) is 10.4 Å². The van der Waals surface area contributed by atoms with Gasteiger partial charge in [-0.2, -0.15) is 5.26 Å². The number of hydrogen-bond acceptors (Lipinski definition) is 6. The molecule has 1 N–H and O–H groups in total. The zero-order valence-electron chi connectivity index (χ0n) is 14.6. The fourth-order valence-corrected chi connectivity index (χ4v) is 3.38. The van der Waals surface area contributed by atoms with Crippen LogP contribution in [0.2, 0.25) is 5.02 Å². The number of nitrogens with zero attached hydrogens (tertiary/aromatic N) is 2. The van der Waals surface area contributed by atoms with Crippen molar-refractivity contribution in [2.75, 3.05) is 14.2 Å². The van der Waals surface area contributed by atoms with Gasteiger partial charge < -0.3 is 14.6 Å². The molecule has 5 nitrogen and oxygen atoms in total. The summed E-state index contributed by atoms with van der Waals surface area (Å²) in [6.07, 6.45) is 1.68. The number of methoxy groups -OCH3 is 2. The minimum absolute atomic E-state index is 0.0880. The maximum absolute atomic E-state index is 10.0. The lowest BCUT2D eigenvalue weighted by Crippen LogP contribution is -1.90. The second kappa shape index (κ2) is 8.12. The first kappa shape index (κ1) is 18.8. The molecule has 0 aliphatic carbocycles. The van der Waals surface area contributed by atoms with Gasteiger partial charge in [-0.1, -0.05) is 23.7 Å². The molecule has 0 fully saturated rings. The molecule has 0 unspecified atom stereocenters. The number of hydrogen-bond donors (Lipinski definition) is 1. The maximum Gasteiger partial charge on any atom is 0.200 e. The lowest BCUT2D eigenvalue weighted by molar-refractivity contribution is 0.340. The van der Waals surface area contributed by atoms with Gasteiger partial charge in [0.1, 0.15) is 11.1 Å². The normalized spacial score (nSPS) is 11.1. The van der Waals surface area contributed by atoms with Crippen molar-refractivity contribution in [3.8, 4) is 34.6 Å². The number of ether oxygens (including phenoxy) is 2. The van der Waals surface area contributed by atoms with E-state index in [1.54, 1.807) is 30.3 Å². The Morgan fingerprint density at radius 3 is 2.37 bits per heavy atom. The summed E-state index contributed by atoms with van der Waals surface area (Å²) in [5.41, 5.74) is 2.75. The third-order valence-corrected chi connectivity index (χ3v) is 4.94. The van der Waals surface area contributed by atoms with Crippen molar-refractivity contribution < 1.29 is 14.6 Å². The maximum atomic E-state index is 10.0. The zero-order chi connectivity index (χ0) is 19.4. The van der Waals surface area contributed by atoms with E-state index in [2.05, 4.69) is 11.1 Å². The van der Waals surface area contributed by atoms with E-state index >= 15 is 0 Å². The van der Waals surface area contributed by atoms with E-state index in [-0.39, 0.29) is 17.2 Å². The van der Waals surface area contributed by atoms with E-state index in [0.29, 0.717) is 21.2 Å². The molecule has 0 saturated heterocycles. The smallest absolute Gasteiger partial charge is 0.200 e. The molecule has 0 aliphatic heterocycles. The van der Waals surface area contributed by atoms with E-state index in [1.807, 2.05) is 17.5 Å². The lowest BCUT2D eigenvalue weighted by atomic mass is 10.1. The van der Waals surface area contributed by atoms with E-state index in [1.165, 1.54) is 25.6 Å². The summed E-state index contributed by atoms with van der Waals surface area (Å²) >= 11 is 7.30. The Balaban J connectivity index is 1.98. The molecule has 0 saturated carbocycles. The van der Waals surface area contributed by atoms with Crippen molar-refractivity contribution in [3.05, 3.63) is 57.4 Å². The number of phenols is 1. The van der Waals surface area contributed by atoms with Gasteiger partial charge >= 0.3 is 0 Å². The number of aromatic nitrogens is 1. The van der Waals surface area contributed by atoms with Crippen LogP contribution in [0.25, 0.3) is 22.9 Å². The van der Waals surface area contributed by atoms with Crippen molar-refractivity contribution in [1.82, 2.24) is 4.98 Å². The predicted octanol–water partition coefficient (Wildman–Crippen LogP) is 5.25. The third-order valence-electron chi connectivity index (χ3n) is 3.81. The fraction of sp³-hybridized carbons (Fsp3) is 0.100. The Kier molecular flexibility index (Phi) is 5.65. The highest BCUT2D eigenvalue weighted by molar-refractivity contribution is 7.11. The second-order valence-corrected chi connectivity index (χ2v) is 6.78. The van der Waals surface area contributed by atoms with Crippen LogP contribution in [-0.2, 0) is 0 Å².